The molecule has 0 aromatic heterocycles. The molecule has 0 heterocycles. The fraction of sp³-hybridized carbons (Fsp3) is 0.727. The van der Waals surface area contributed by atoms with Crippen molar-refractivity contribution in [1.82, 2.24) is 9.80 Å². The molecule has 28 heavy (non-hydrogen) atoms. The molecule has 1 aromatic carbocycles. The van der Waals surface area contributed by atoms with Crippen molar-refractivity contribution in [3.8, 4) is 0 Å². The van der Waals surface area contributed by atoms with E-state index in [9.17, 15) is 10.2 Å². The molecule has 2 atom stereocenters. The smallest absolute Gasteiger partial charge is 0.835 e. The van der Waals surface area contributed by atoms with Gasteiger partial charge in [0.05, 0.1) is 0 Å². The van der Waals surface area contributed by atoms with Crippen LogP contribution < -0.4 is 47.9 Å². The van der Waals surface area contributed by atoms with Crippen molar-refractivity contribution in [3.05, 3.63) is 35.4 Å². The van der Waals surface area contributed by atoms with Crippen LogP contribution in [0.1, 0.15) is 78.4 Å². The van der Waals surface area contributed by atoms with E-state index >= 15 is 0 Å². The SMILES string of the molecule is CCCN(CCC)C(C)([O-])c1cccc(C(C)([O-])N(CCC)CCC)c1.[Li+].[Li+]. The molecule has 0 aliphatic heterocycles. The summed E-state index contributed by atoms with van der Waals surface area (Å²) in [5.41, 5.74) is -1.27. The second kappa shape index (κ2) is 14.3. The first kappa shape index (κ1) is 30.4. The van der Waals surface area contributed by atoms with Crippen LogP contribution >= 0.6 is 0 Å². The summed E-state index contributed by atoms with van der Waals surface area (Å²) in [5.74, 6) is 0. The van der Waals surface area contributed by atoms with Crippen molar-refractivity contribution in [2.75, 3.05) is 26.2 Å². The van der Waals surface area contributed by atoms with E-state index in [1.165, 1.54) is 0 Å². The number of rotatable bonds is 12. The van der Waals surface area contributed by atoms with E-state index in [4.69, 9.17) is 0 Å². The van der Waals surface area contributed by atoms with Crippen molar-refractivity contribution in [2.45, 2.75) is 78.7 Å². The van der Waals surface area contributed by atoms with Gasteiger partial charge in [0.15, 0.2) is 0 Å². The van der Waals surface area contributed by atoms with Gasteiger partial charge < -0.3 is 20.0 Å². The standard InChI is InChI=1S/C22H38N2O2.2Li/c1-7-14-23(15-8-2)21(5,25)19-12-11-13-20(18-19)22(6,26)24(16-9-3)17-10-4;;/h11-13,18H,7-10,14-17H2,1-6H3;;/q-2;2*+1. The minimum absolute atomic E-state index is 0. The Morgan fingerprint density at radius 3 is 1.21 bits per heavy atom. The molecule has 0 amide bonds. The van der Waals surface area contributed by atoms with Gasteiger partial charge in [-0.25, -0.2) is 0 Å². The quantitative estimate of drug-likeness (QED) is 0.288. The van der Waals surface area contributed by atoms with Gasteiger partial charge in [-0.15, -0.1) is 0 Å². The summed E-state index contributed by atoms with van der Waals surface area (Å²) in [5, 5.41) is 27.0. The molecule has 0 saturated carbocycles. The van der Waals surface area contributed by atoms with Crippen molar-refractivity contribution >= 4 is 0 Å². The average molecular weight is 376 g/mol. The number of hydrogen-bond donors (Lipinski definition) is 0. The summed E-state index contributed by atoms with van der Waals surface area (Å²) >= 11 is 0. The zero-order valence-corrected chi connectivity index (χ0v) is 19.7. The van der Waals surface area contributed by atoms with Gasteiger partial charge in [-0.3, -0.25) is 0 Å². The second-order valence-electron chi connectivity index (χ2n) is 7.52. The van der Waals surface area contributed by atoms with Crippen LogP contribution in [0.4, 0.5) is 0 Å². The summed E-state index contributed by atoms with van der Waals surface area (Å²) in [4.78, 5) is 3.98. The van der Waals surface area contributed by atoms with Gasteiger partial charge in [0.1, 0.15) is 0 Å². The van der Waals surface area contributed by atoms with E-state index in [-0.39, 0.29) is 37.7 Å². The van der Waals surface area contributed by atoms with E-state index in [1.807, 2.05) is 34.1 Å². The van der Waals surface area contributed by atoms with Crippen LogP contribution in [-0.2, 0) is 11.4 Å². The van der Waals surface area contributed by atoms with Crippen LogP contribution in [0.5, 0.6) is 0 Å². The first-order valence-corrected chi connectivity index (χ1v) is 10.3. The third kappa shape index (κ3) is 7.83. The number of nitrogens with zero attached hydrogens (tertiary/aromatic N) is 2. The molecule has 150 valence electrons. The molecule has 6 heteroatoms. The monoisotopic (exact) mass is 376 g/mol. The van der Waals surface area contributed by atoms with Crippen LogP contribution in [-0.4, -0.2) is 36.0 Å². The Hall–Kier alpha value is 0.255. The molecular weight excluding hydrogens is 338 g/mol. The predicted octanol–water partition coefficient (Wildman–Crippen LogP) is -3.00. The molecular formula is C22H38Li2N2O2. The first-order valence-electron chi connectivity index (χ1n) is 10.3. The predicted molar refractivity (Wildman–Crippen MR) is 105 cm³/mol. The van der Waals surface area contributed by atoms with E-state index in [2.05, 4.69) is 27.7 Å². The van der Waals surface area contributed by atoms with Gasteiger partial charge in [-0.2, -0.15) is 0 Å². The van der Waals surface area contributed by atoms with E-state index in [1.54, 1.807) is 13.8 Å². The molecule has 0 fully saturated rings. The van der Waals surface area contributed by atoms with Gasteiger partial charge in [-0.1, -0.05) is 65.8 Å². The largest absolute Gasteiger partial charge is 1.00 e. The van der Waals surface area contributed by atoms with Crippen LogP contribution in [0.2, 0.25) is 0 Å². The Morgan fingerprint density at radius 1 is 0.679 bits per heavy atom. The molecule has 0 aliphatic rings. The molecule has 0 aliphatic carbocycles. The fourth-order valence-electron chi connectivity index (χ4n) is 3.62. The minimum Gasteiger partial charge on any atom is -0.835 e. The minimum atomic E-state index is -1.32. The Bertz CT molecular complexity index is 484. The molecule has 1 rings (SSSR count). The molecule has 2 unspecified atom stereocenters. The molecule has 0 spiro atoms. The third-order valence-corrected chi connectivity index (χ3v) is 5.11. The maximum absolute atomic E-state index is 13.5. The van der Waals surface area contributed by atoms with E-state index < -0.39 is 11.4 Å². The summed E-state index contributed by atoms with van der Waals surface area (Å²) < 4.78 is 0. The average Bonchev–Trinajstić information content (AvgIpc) is 2.61. The van der Waals surface area contributed by atoms with Crippen LogP contribution in [0.15, 0.2) is 24.3 Å². The molecule has 0 radical (unpaired) electrons. The van der Waals surface area contributed by atoms with E-state index in [0.29, 0.717) is 11.1 Å². The normalized spacial score (nSPS) is 15.5. The summed E-state index contributed by atoms with van der Waals surface area (Å²) in [7, 11) is 0. The molecule has 0 saturated heterocycles. The molecule has 1 aromatic rings. The van der Waals surface area contributed by atoms with Crippen molar-refractivity contribution in [1.29, 1.82) is 0 Å². The molecule has 4 nitrogen and oxygen atoms in total. The van der Waals surface area contributed by atoms with Gasteiger partial charge in [0, 0.05) is 0 Å². The second-order valence-corrected chi connectivity index (χ2v) is 7.52. The Labute approximate surface area is 197 Å². The Morgan fingerprint density at radius 2 is 0.964 bits per heavy atom. The molecule has 0 bridgehead atoms. The van der Waals surface area contributed by atoms with Gasteiger partial charge in [0.2, 0.25) is 0 Å². The van der Waals surface area contributed by atoms with Crippen molar-refractivity contribution in [3.63, 3.8) is 0 Å². The first-order chi connectivity index (χ1) is 12.2. The topological polar surface area (TPSA) is 52.6 Å². The summed E-state index contributed by atoms with van der Waals surface area (Å²) in [6.45, 7) is 14.9. The van der Waals surface area contributed by atoms with E-state index in [0.717, 1.165) is 51.9 Å². The number of benzene rings is 1. The van der Waals surface area contributed by atoms with Gasteiger partial charge in [0.25, 0.3) is 0 Å². The maximum Gasteiger partial charge on any atom is 1.00 e. The maximum atomic E-state index is 13.5. The Kier molecular flexibility index (Phi) is 15.5. The van der Waals surface area contributed by atoms with Crippen molar-refractivity contribution < 1.29 is 47.9 Å². The molecule has 0 N–H and O–H groups in total. The fourth-order valence-corrected chi connectivity index (χ4v) is 3.62. The van der Waals surface area contributed by atoms with Gasteiger partial charge in [-0.05, 0) is 74.4 Å². The van der Waals surface area contributed by atoms with Crippen LogP contribution in [0, 0.1) is 0 Å². The third-order valence-electron chi connectivity index (χ3n) is 5.11. The van der Waals surface area contributed by atoms with Crippen molar-refractivity contribution in [2.24, 2.45) is 0 Å². The zero-order chi connectivity index (χ0) is 19.8. The van der Waals surface area contributed by atoms with Gasteiger partial charge >= 0.3 is 37.7 Å². The van der Waals surface area contributed by atoms with Crippen LogP contribution in [0.25, 0.3) is 0 Å². The summed E-state index contributed by atoms with van der Waals surface area (Å²) in [6.07, 6.45) is 3.77. The Balaban J connectivity index is 0. The van der Waals surface area contributed by atoms with Crippen LogP contribution in [0.3, 0.4) is 0 Å². The summed E-state index contributed by atoms with van der Waals surface area (Å²) in [6, 6.07) is 7.45. The number of hydrogen-bond acceptors (Lipinski definition) is 4. The zero-order valence-electron chi connectivity index (χ0n) is 19.7.